The zero-order chi connectivity index (χ0) is 16.0. The second-order valence-corrected chi connectivity index (χ2v) is 5.62. The minimum Gasteiger partial charge on any atom is -0.482 e. The number of amides is 1. The summed E-state index contributed by atoms with van der Waals surface area (Å²) < 4.78 is 5.34. The summed E-state index contributed by atoms with van der Waals surface area (Å²) in [5.74, 6) is -1.54. The summed E-state index contributed by atoms with van der Waals surface area (Å²) in [5.41, 5.74) is 0.973. The number of carboxylic acid groups (broad SMARTS) is 1. The maximum atomic E-state index is 11.7. The molecule has 1 aromatic rings. The predicted octanol–water partition coefficient (Wildman–Crippen LogP) is 2.50. The van der Waals surface area contributed by atoms with Crippen molar-refractivity contribution in [2.75, 3.05) is 13.2 Å². The molecule has 2 N–H and O–H groups in total. The summed E-state index contributed by atoms with van der Waals surface area (Å²) in [4.78, 5) is 22.7. The Kier molecular flexibility index (Phi) is 6.49. The number of ether oxygens (including phenoxy) is 1. The second kappa shape index (κ2) is 7.88. The SMILES string of the molecule is Cc1ccc(Cl)c(OCC(=O)NCC(C(=O)O)C(C)C)c1. The molecule has 1 rings (SSSR count). The van der Waals surface area contributed by atoms with Gasteiger partial charge in [0.15, 0.2) is 6.61 Å². The van der Waals surface area contributed by atoms with Crippen LogP contribution in [0.15, 0.2) is 18.2 Å². The quantitative estimate of drug-likeness (QED) is 0.811. The number of carboxylic acids is 1. The molecule has 6 heteroatoms. The van der Waals surface area contributed by atoms with E-state index < -0.39 is 11.9 Å². The first-order valence-corrected chi connectivity index (χ1v) is 7.07. The van der Waals surface area contributed by atoms with Gasteiger partial charge in [-0.3, -0.25) is 9.59 Å². The number of carbonyl (C=O) groups excluding carboxylic acids is 1. The molecule has 0 fully saturated rings. The molecule has 0 aliphatic heterocycles. The number of hydrogen-bond acceptors (Lipinski definition) is 3. The Morgan fingerprint density at radius 3 is 2.62 bits per heavy atom. The van der Waals surface area contributed by atoms with Crippen molar-refractivity contribution < 1.29 is 19.4 Å². The first-order valence-electron chi connectivity index (χ1n) is 6.69. The maximum Gasteiger partial charge on any atom is 0.308 e. The first-order chi connectivity index (χ1) is 9.81. The van der Waals surface area contributed by atoms with Gasteiger partial charge in [0.25, 0.3) is 5.91 Å². The molecule has 1 atom stereocenters. The lowest BCUT2D eigenvalue weighted by atomic mass is 9.96. The summed E-state index contributed by atoms with van der Waals surface area (Å²) in [7, 11) is 0. The molecule has 21 heavy (non-hydrogen) atoms. The third kappa shape index (κ3) is 5.63. The summed E-state index contributed by atoms with van der Waals surface area (Å²) in [5, 5.41) is 12.0. The van der Waals surface area contributed by atoms with Crippen LogP contribution in [0, 0.1) is 18.8 Å². The third-order valence-electron chi connectivity index (χ3n) is 3.09. The van der Waals surface area contributed by atoms with Crippen molar-refractivity contribution in [1.29, 1.82) is 0 Å². The Morgan fingerprint density at radius 2 is 2.05 bits per heavy atom. The normalized spacial score (nSPS) is 12.0. The van der Waals surface area contributed by atoms with Crippen LogP contribution in [-0.2, 0) is 9.59 Å². The van der Waals surface area contributed by atoms with E-state index in [9.17, 15) is 9.59 Å². The van der Waals surface area contributed by atoms with Crippen LogP contribution in [0.4, 0.5) is 0 Å². The Hall–Kier alpha value is -1.75. The Balaban J connectivity index is 2.47. The summed E-state index contributed by atoms with van der Waals surface area (Å²) in [6, 6.07) is 5.28. The highest BCUT2D eigenvalue weighted by atomic mass is 35.5. The number of halogens is 1. The molecule has 0 spiro atoms. The van der Waals surface area contributed by atoms with E-state index in [1.807, 2.05) is 13.0 Å². The highest BCUT2D eigenvalue weighted by molar-refractivity contribution is 6.32. The van der Waals surface area contributed by atoms with E-state index in [0.29, 0.717) is 10.8 Å². The van der Waals surface area contributed by atoms with Gasteiger partial charge in [0.05, 0.1) is 10.9 Å². The molecule has 0 saturated heterocycles. The minimum absolute atomic E-state index is 0.0602. The summed E-state index contributed by atoms with van der Waals surface area (Å²) >= 11 is 5.96. The van der Waals surface area contributed by atoms with Gasteiger partial charge < -0.3 is 15.2 Å². The Morgan fingerprint density at radius 1 is 1.38 bits per heavy atom. The van der Waals surface area contributed by atoms with E-state index in [4.69, 9.17) is 21.4 Å². The number of rotatable bonds is 7. The predicted molar refractivity (Wildman–Crippen MR) is 80.7 cm³/mol. The topological polar surface area (TPSA) is 75.6 Å². The van der Waals surface area contributed by atoms with E-state index >= 15 is 0 Å². The molecule has 5 nitrogen and oxygen atoms in total. The second-order valence-electron chi connectivity index (χ2n) is 5.22. The van der Waals surface area contributed by atoms with Crippen LogP contribution in [0.1, 0.15) is 19.4 Å². The summed E-state index contributed by atoms with van der Waals surface area (Å²) in [6.07, 6.45) is 0. The van der Waals surface area contributed by atoms with Gasteiger partial charge in [0.2, 0.25) is 0 Å². The molecule has 0 aliphatic rings. The molecule has 1 aromatic carbocycles. The van der Waals surface area contributed by atoms with Crippen molar-refractivity contribution in [2.24, 2.45) is 11.8 Å². The van der Waals surface area contributed by atoms with Crippen LogP contribution in [0.3, 0.4) is 0 Å². The smallest absolute Gasteiger partial charge is 0.308 e. The molecular weight excluding hydrogens is 294 g/mol. The van der Waals surface area contributed by atoms with Gasteiger partial charge in [-0.25, -0.2) is 0 Å². The fourth-order valence-corrected chi connectivity index (χ4v) is 1.92. The lowest BCUT2D eigenvalue weighted by molar-refractivity contribution is -0.143. The molecule has 0 bridgehead atoms. The van der Waals surface area contributed by atoms with Crippen molar-refractivity contribution >= 4 is 23.5 Å². The first kappa shape index (κ1) is 17.3. The van der Waals surface area contributed by atoms with Crippen LogP contribution < -0.4 is 10.1 Å². The standard InChI is InChI=1S/C15H20ClNO4/c1-9(2)11(15(19)20)7-17-14(18)8-21-13-6-10(3)4-5-12(13)16/h4-6,9,11H,7-8H2,1-3H3,(H,17,18)(H,19,20). The lowest BCUT2D eigenvalue weighted by Gasteiger charge is -2.17. The van der Waals surface area contributed by atoms with Crippen LogP contribution in [0.25, 0.3) is 0 Å². The van der Waals surface area contributed by atoms with Gasteiger partial charge in [-0.05, 0) is 30.5 Å². The molecule has 1 unspecified atom stereocenters. The van der Waals surface area contributed by atoms with Crippen LogP contribution in [-0.4, -0.2) is 30.1 Å². The molecule has 0 saturated carbocycles. The Labute approximate surface area is 129 Å². The minimum atomic E-state index is -0.923. The van der Waals surface area contributed by atoms with Crippen molar-refractivity contribution in [3.05, 3.63) is 28.8 Å². The fourth-order valence-electron chi connectivity index (χ4n) is 1.75. The van der Waals surface area contributed by atoms with Crippen molar-refractivity contribution in [3.8, 4) is 5.75 Å². The van der Waals surface area contributed by atoms with Crippen molar-refractivity contribution in [3.63, 3.8) is 0 Å². The van der Waals surface area contributed by atoms with Gasteiger partial charge >= 0.3 is 5.97 Å². The van der Waals surface area contributed by atoms with Gasteiger partial charge in [-0.2, -0.15) is 0 Å². The number of hydrogen-bond donors (Lipinski definition) is 2. The molecule has 0 aliphatic carbocycles. The lowest BCUT2D eigenvalue weighted by Crippen LogP contribution is -2.37. The number of nitrogens with one attached hydrogen (secondary N) is 1. The zero-order valence-corrected chi connectivity index (χ0v) is 13.1. The number of aliphatic carboxylic acids is 1. The van der Waals surface area contributed by atoms with Crippen molar-refractivity contribution in [1.82, 2.24) is 5.32 Å². The highest BCUT2D eigenvalue weighted by Gasteiger charge is 2.22. The van der Waals surface area contributed by atoms with E-state index in [1.165, 1.54) is 0 Å². The van der Waals surface area contributed by atoms with E-state index in [-0.39, 0.29) is 25.0 Å². The van der Waals surface area contributed by atoms with Gasteiger partial charge in [-0.1, -0.05) is 31.5 Å². The zero-order valence-electron chi connectivity index (χ0n) is 12.4. The molecule has 116 valence electrons. The third-order valence-corrected chi connectivity index (χ3v) is 3.40. The van der Waals surface area contributed by atoms with Crippen LogP contribution >= 0.6 is 11.6 Å². The van der Waals surface area contributed by atoms with Gasteiger partial charge in [-0.15, -0.1) is 0 Å². The van der Waals surface area contributed by atoms with E-state index in [2.05, 4.69) is 5.32 Å². The molecule has 0 heterocycles. The average Bonchev–Trinajstić information content (AvgIpc) is 2.39. The van der Waals surface area contributed by atoms with Crippen LogP contribution in [0.5, 0.6) is 5.75 Å². The maximum absolute atomic E-state index is 11.7. The summed E-state index contributed by atoms with van der Waals surface area (Å²) in [6.45, 7) is 5.37. The number of carbonyl (C=O) groups is 2. The fraction of sp³-hybridized carbons (Fsp3) is 0.467. The Bertz CT molecular complexity index is 516. The van der Waals surface area contributed by atoms with Gasteiger partial charge in [0, 0.05) is 6.54 Å². The molecule has 0 radical (unpaired) electrons. The van der Waals surface area contributed by atoms with Gasteiger partial charge in [0.1, 0.15) is 5.75 Å². The van der Waals surface area contributed by atoms with E-state index in [1.54, 1.807) is 26.0 Å². The molecule has 1 amide bonds. The molecular formula is C15H20ClNO4. The van der Waals surface area contributed by atoms with Crippen LogP contribution in [0.2, 0.25) is 5.02 Å². The van der Waals surface area contributed by atoms with Crippen molar-refractivity contribution in [2.45, 2.75) is 20.8 Å². The highest BCUT2D eigenvalue weighted by Crippen LogP contribution is 2.25. The average molecular weight is 314 g/mol. The molecule has 0 aromatic heterocycles. The van der Waals surface area contributed by atoms with E-state index in [0.717, 1.165) is 5.56 Å². The number of benzene rings is 1. The number of aryl methyl sites for hydroxylation is 1. The monoisotopic (exact) mass is 313 g/mol. The largest absolute Gasteiger partial charge is 0.482 e.